The number of amides is 1. The molecule has 1 unspecified atom stereocenters. The summed E-state index contributed by atoms with van der Waals surface area (Å²) >= 11 is 1.66. The number of likely N-dealkylation sites (tertiary alicyclic amines) is 2. The molecule has 1 amide bonds. The highest BCUT2D eigenvalue weighted by molar-refractivity contribution is 7.07. The number of hydrogen-bond donors (Lipinski definition) is 1. The molecule has 110 valence electrons. The molecule has 2 N–H and O–H groups in total. The SMILES string of the molecule is NC1CCN(C2CCN(C(=O)Cc3ccsc3)C2)CC1. The molecule has 1 aromatic rings. The molecule has 0 bridgehead atoms. The Morgan fingerprint density at radius 2 is 2.10 bits per heavy atom. The maximum absolute atomic E-state index is 12.3. The van der Waals surface area contributed by atoms with Crippen LogP contribution in [0.4, 0.5) is 0 Å². The summed E-state index contributed by atoms with van der Waals surface area (Å²) in [5.41, 5.74) is 7.10. The second kappa shape index (κ2) is 6.24. The zero-order valence-electron chi connectivity index (χ0n) is 11.8. The van der Waals surface area contributed by atoms with E-state index in [4.69, 9.17) is 5.73 Å². The van der Waals surface area contributed by atoms with Crippen molar-refractivity contribution in [1.29, 1.82) is 0 Å². The van der Waals surface area contributed by atoms with Gasteiger partial charge in [-0.2, -0.15) is 11.3 Å². The Kier molecular flexibility index (Phi) is 4.38. The molecule has 0 aromatic carbocycles. The van der Waals surface area contributed by atoms with Crippen molar-refractivity contribution < 1.29 is 4.79 Å². The molecule has 5 heteroatoms. The van der Waals surface area contributed by atoms with E-state index < -0.39 is 0 Å². The summed E-state index contributed by atoms with van der Waals surface area (Å²) < 4.78 is 0. The molecule has 1 aromatic heterocycles. The van der Waals surface area contributed by atoms with Gasteiger partial charge in [0.15, 0.2) is 0 Å². The lowest BCUT2D eigenvalue weighted by Gasteiger charge is -2.34. The molecule has 0 saturated carbocycles. The standard InChI is InChI=1S/C15H23N3OS/c16-13-1-5-17(6-2-13)14-3-7-18(10-14)15(19)9-12-4-8-20-11-12/h4,8,11,13-14H,1-3,5-7,9-10,16H2. The Morgan fingerprint density at radius 3 is 2.80 bits per heavy atom. The van der Waals surface area contributed by atoms with Crippen LogP contribution in [-0.4, -0.2) is 54.0 Å². The van der Waals surface area contributed by atoms with Crippen molar-refractivity contribution in [2.45, 2.75) is 37.8 Å². The Hall–Kier alpha value is -0.910. The third kappa shape index (κ3) is 3.22. The van der Waals surface area contributed by atoms with Gasteiger partial charge in [0.2, 0.25) is 5.91 Å². The molecular weight excluding hydrogens is 270 g/mol. The van der Waals surface area contributed by atoms with Crippen LogP contribution < -0.4 is 5.73 Å². The minimum absolute atomic E-state index is 0.277. The zero-order valence-corrected chi connectivity index (χ0v) is 12.6. The molecule has 3 heterocycles. The lowest BCUT2D eigenvalue weighted by Crippen LogP contribution is -2.46. The van der Waals surface area contributed by atoms with E-state index in [-0.39, 0.29) is 5.91 Å². The van der Waals surface area contributed by atoms with Crippen molar-refractivity contribution in [2.75, 3.05) is 26.2 Å². The Morgan fingerprint density at radius 1 is 1.30 bits per heavy atom. The Bertz CT molecular complexity index is 440. The molecule has 2 aliphatic rings. The van der Waals surface area contributed by atoms with Crippen LogP contribution >= 0.6 is 11.3 Å². The molecule has 2 aliphatic heterocycles. The Balaban J connectivity index is 1.50. The average Bonchev–Trinajstić information content (AvgIpc) is 3.10. The predicted molar refractivity (Wildman–Crippen MR) is 81.8 cm³/mol. The zero-order chi connectivity index (χ0) is 13.9. The van der Waals surface area contributed by atoms with Crippen LogP contribution in [0.3, 0.4) is 0 Å². The molecule has 0 radical (unpaired) electrons. The topological polar surface area (TPSA) is 49.6 Å². The number of carbonyl (C=O) groups excluding carboxylic acids is 1. The first-order chi connectivity index (χ1) is 9.72. The van der Waals surface area contributed by atoms with Gasteiger partial charge >= 0.3 is 0 Å². The van der Waals surface area contributed by atoms with E-state index in [1.165, 1.54) is 0 Å². The number of nitrogens with zero attached hydrogens (tertiary/aromatic N) is 2. The van der Waals surface area contributed by atoms with Gasteiger partial charge in [0.05, 0.1) is 6.42 Å². The normalized spacial score (nSPS) is 25.2. The molecule has 2 saturated heterocycles. The molecular formula is C15H23N3OS. The van der Waals surface area contributed by atoms with Gasteiger partial charge < -0.3 is 10.6 Å². The van der Waals surface area contributed by atoms with E-state index in [2.05, 4.69) is 10.3 Å². The van der Waals surface area contributed by atoms with Crippen LogP contribution in [0.25, 0.3) is 0 Å². The summed E-state index contributed by atoms with van der Waals surface area (Å²) in [4.78, 5) is 16.9. The van der Waals surface area contributed by atoms with Crippen molar-refractivity contribution in [3.63, 3.8) is 0 Å². The summed E-state index contributed by atoms with van der Waals surface area (Å²) in [7, 11) is 0. The molecule has 2 fully saturated rings. The summed E-state index contributed by atoms with van der Waals surface area (Å²) in [6.45, 7) is 4.01. The van der Waals surface area contributed by atoms with Gasteiger partial charge in [0.1, 0.15) is 0 Å². The minimum Gasteiger partial charge on any atom is -0.341 e. The highest BCUT2D eigenvalue weighted by atomic mass is 32.1. The maximum atomic E-state index is 12.3. The summed E-state index contributed by atoms with van der Waals surface area (Å²) in [6.07, 6.45) is 3.87. The van der Waals surface area contributed by atoms with Crippen LogP contribution in [0.1, 0.15) is 24.8 Å². The minimum atomic E-state index is 0.277. The second-order valence-corrected chi connectivity index (χ2v) is 6.74. The van der Waals surface area contributed by atoms with Crippen LogP contribution in [0.15, 0.2) is 16.8 Å². The molecule has 3 rings (SSSR count). The summed E-state index contributed by atoms with van der Waals surface area (Å²) in [5.74, 6) is 0.277. The fourth-order valence-electron chi connectivity index (χ4n) is 3.23. The quantitative estimate of drug-likeness (QED) is 0.914. The van der Waals surface area contributed by atoms with Crippen LogP contribution in [-0.2, 0) is 11.2 Å². The first-order valence-corrected chi connectivity index (χ1v) is 8.45. The number of rotatable bonds is 3. The van der Waals surface area contributed by atoms with Crippen LogP contribution in [0.5, 0.6) is 0 Å². The average molecular weight is 293 g/mol. The first kappa shape index (κ1) is 14.0. The number of carbonyl (C=O) groups is 1. The molecule has 4 nitrogen and oxygen atoms in total. The third-order valence-electron chi connectivity index (χ3n) is 4.54. The maximum Gasteiger partial charge on any atom is 0.227 e. The van der Waals surface area contributed by atoms with Crippen molar-refractivity contribution in [1.82, 2.24) is 9.80 Å². The number of nitrogens with two attached hydrogens (primary N) is 1. The fraction of sp³-hybridized carbons (Fsp3) is 0.667. The molecule has 0 aliphatic carbocycles. The van der Waals surface area contributed by atoms with Crippen LogP contribution in [0, 0.1) is 0 Å². The van der Waals surface area contributed by atoms with Crippen LogP contribution in [0.2, 0.25) is 0 Å². The first-order valence-electron chi connectivity index (χ1n) is 7.51. The lowest BCUT2D eigenvalue weighted by atomic mass is 10.0. The lowest BCUT2D eigenvalue weighted by molar-refractivity contribution is -0.129. The Labute approximate surface area is 124 Å². The molecule has 0 spiro atoms. The van der Waals surface area contributed by atoms with E-state index in [1.807, 2.05) is 16.3 Å². The highest BCUT2D eigenvalue weighted by Gasteiger charge is 2.31. The smallest absolute Gasteiger partial charge is 0.227 e. The fourth-order valence-corrected chi connectivity index (χ4v) is 3.90. The third-order valence-corrected chi connectivity index (χ3v) is 5.27. The van der Waals surface area contributed by atoms with E-state index in [0.29, 0.717) is 18.5 Å². The van der Waals surface area contributed by atoms with Gasteiger partial charge in [-0.1, -0.05) is 0 Å². The number of hydrogen-bond acceptors (Lipinski definition) is 4. The van der Waals surface area contributed by atoms with E-state index in [1.54, 1.807) is 11.3 Å². The summed E-state index contributed by atoms with van der Waals surface area (Å²) in [5, 5.41) is 4.10. The number of piperidine rings is 1. The molecule has 20 heavy (non-hydrogen) atoms. The van der Waals surface area contributed by atoms with E-state index in [0.717, 1.165) is 51.0 Å². The van der Waals surface area contributed by atoms with E-state index in [9.17, 15) is 4.79 Å². The van der Waals surface area contributed by atoms with Gasteiger partial charge in [-0.25, -0.2) is 0 Å². The van der Waals surface area contributed by atoms with Gasteiger partial charge in [-0.15, -0.1) is 0 Å². The van der Waals surface area contributed by atoms with Gasteiger partial charge in [0.25, 0.3) is 0 Å². The van der Waals surface area contributed by atoms with Crippen molar-refractivity contribution in [2.24, 2.45) is 5.73 Å². The van der Waals surface area contributed by atoms with Crippen molar-refractivity contribution >= 4 is 17.2 Å². The number of thiophene rings is 1. The van der Waals surface area contributed by atoms with Crippen molar-refractivity contribution in [3.05, 3.63) is 22.4 Å². The van der Waals surface area contributed by atoms with Gasteiger partial charge in [0, 0.05) is 25.2 Å². The molecule has 1 atom stereocenters. The van der Waals surface area contributed by atoms with Crippen molar-refractivity contribution in [3.8, 4) is 0 Å². The monoisotopic (exact) mass is 293 g/mol. The largest absolute Gasteiger partial charge is 0.341 e. The van der Waals surface area contributed by atoms with Gasteiger partial charge in [-0.3, -0.25) is 9.69 Å². The predicted octanol–water partition coefficient (Wildman–Crippen LogP) is 1.31. The second-order valence-electron chi connectivity index (χ2n) is 5.96. The summed E-state index contributed by atoms with van der Waals surface area (Å²) in [6, 6.07) is 2.97. The van der Waals surface area contributed by atoms with E-state index >= 15 is 0 Å². The highest BCUT2D eigenvalue weighted by Crippen LogP contribution is 2.21. The van der Waals surface area contributed by atoms with Gasteiger partial charge in [-0.05, 0) is 54.7 Å².